The van der Waals surface area contributed by atoms with Gasteiger partial charge in [0.25, 0.3) is 0 Å². The largest absolute Gasteiger partial charge is 0.378 e. The molecule has 0 heterocycles. The van der Waals surface area contributed by atoms with E-state index in [4.69, 9.17) is 0 Å². The summed E-state index contributed by atoms with van der Waals surface area (Å²) in [6.07, 6.45) is 1.69. The highest BCUT2D eigenvalue weighted by Gasteiger charge is 2.05. The predicted molar refractivity (Wildman–Crippen MR) is 39.2 cm³/mol. The lowest BCUT2D eigenvalue weighted by Gasteiger charge is -2.20. The van der Waals surface area contributed by atoms with Crippen LogP contribution in [0, 0.1) is 0 Å². The summed E-state index contributed by atoms with van der Waals surface area (Å²) in [6.45, 7) is 5.03. The summed E-state index contributed by atoms with van der Waals surface area (Å²) >= 11 is 0. The lowest BCUT2D eigenvalue weighted by molar-refractivity contribution is 0.0188. The van der Waals surface area contributed by atoms with Crippen LogP contribution in [-0.2, 0) is 0 Å². The van der Waals surface area contributed by atoms with Gasteiger partial charge >= 0.3 is 0 Å². The Bertz CT molecular complexity index is 65.9. The molecule has 1 atom stereocenters. The third-order valence-corrected chi connectivity index (χ3v) is 1.55. The van der Waals surface area contributed by atoms with Crippen molar-refractivity contribution in [3.05, 3.63) is 0 Å². The van der Waals surface area contributed by atoms with Gasteiger partial charge < -0.3 is 5.11 Å². The summed E-state index contributed by atoms with van der Waals surface area (Å²) in [6, 6.07) is 0. The SMILES string of the molecule is CCCC(O)N(C)CC. The molecule has 1 N–H and O–H groups in total. The predicted octanol–water partition coefficient (Wildman–Crippen LogP) is 1.06. The molecule has 2 nitrogen and oxygen atoms in total. The Morgan fingerprint density at radius 2 is 2.00 bits per heavy atom. The zero-order valence-corrected chi connectivity index (χ0v) is 6.59. The van der Waals surface area contributed by atoms with Crippen LogP contribution in [0.5, 0.6) is 0 Å². The molecule has 9 heavy (non-hydrogen) atoms. The van der Waals surface area contributed by atoms with Gasteiger partial charge in [-0.1, -0.05) is 20.3 Å². The van der Waals surface area contributed by atoms with Crippen molar-refractivity contribution in [2.75, 3.05) is 13.6 Å². The Hall–Kier alpha value is -0.0800. The standard InChI is InChI=1S/C7H17NO/c1-4-6-7(9)8(3)5-2/h7,9H,4-6H2,1-3H3. The van der Waals surface area contributed by atoms with E-state index in [1.807, 2.05) is 18.9 Å². The van der Waals surface area contributed by atoms with Gasteiger partial charge in [-0.25, -0.2) is 0 Å². The van der Waals surface area contributed by atoms with Crippen LogP contribution < -0.4 is 0 Å². The fourth-order valence-electron chi connectivity index (χ4n) is 0.689. The Labute approximate surface area is 57.5 Å². The summed E-state index contributed by atoms with van der Waals surface area (Å²) in [5.41, 5.74) is 0. The fraction of sp³-hybridized carbons (Fsp3) is 1.00. The summed E-state index contributed by atoms with van der Waals surface area (Å²) < 4.78 is 0. The van der Waals surface area contributed by atoms with Crippen molar-refractivity contribution in [3.63, 3.8) is 0 Å². The van der Waals surface area contributed by atoms with Crippen molar-refractivity contribution in [1.29, 1.82) is 0 Å². The molecule has 0 aromatic carbocycles. The number of aliphatic hydroxyl groups is 1. The maximum Gasteiger partial charge on any atom is 0.107 e. The lowest BCUT2D eigenvalue weighted by atomic mass is 10.3. The van der Waals surface area contributed by atoms with Crippen molar-refractivity contribution in [2.24, 2.45) is 0 Å². The Kier molecular flexibility index (Phi) is 4.72. The minimum Gasteiger partial charge on any atom is -0.378 e. The van der Waals surface area contributed by atoms with Crippen molar-refractivity contribution in [2.45, 2.75) is 32.9 Å². The summed E-state index contributed by atoms with van der Waals surface area (Å²) in [5, 5.41) is 9.24. The van der Waals surface area contributed by atoms with Crippen LogP contribution >= 0.6 is 0 Å². The molecule has 0 aliphatic carbocycles. The van der Waals surface area contributed by atoms with Crippen LogP contribution in [0.1, 0.15) is 26.7 Å². The van der Waals surface area contributed by atoms with E-state index in [2.05, 4.69) is 6.92 Å². The number of hydrogen-bond acceptors (Lipinski definition) is 2. The van der Waals surface area contributed by atoms with Gasteiger partial charge in [0.2, 0.25) is 0 Å². The monoisotopic (exact) mass is 131 g/mol. The highest BCUT2D eigenvalue weighted by atomic mass is 16.3. The second-order valence-electron chi connectivity index (χ2n) is 2.34. The summed E-state index contributed by atoms with van der Waals surface area (Å²) in [4.78, 5) is 1.93. The van der Waals surface area contributed by atoms with E-state index in [9.17, 15) is 5.11 Å². The summed E-state index contributed by atoms with van der Waals surface area (Å²) in [5.74, 6) is 0. The Morgan fingerprint density at radius 3 is 2.33 bits per heavy atom. The van der Waals surface area contributed by atoms with Crippen molar-refractivity contribution in [3.8, 4) is 0 Å². The van der Waals surface area contributed by atoms with Crippen molar-refractivity contribution in [1.82, 2.24) is 4.90 Å². The molecular weight excluding hydrogens is 114 g/mol. The van der Waals surface area contributed by atoms with Crippen LogP contribution in [0.3, 0.4) is 0 Å². The van der Waals surface area contributed by atoms with E-state index in [1.54, 1.807) is 0 Å². The molecule has 1 unspecified atom stereocenters. The van der Waals surface area contributed by atoms with Crippen LogP contribution in [0.15, 0.2) is 0 Å². The van der Waals surface area contributed by atoms with Crippen molar-refractivity contribution >= 4 is 0 Å². The molecule has 0 saturated carbocycles. The lowest BCUT2D eigenvalue weighted by Crippen LogP contribution is -2.30. The molecule has 0 aromatic rings. The smallest absolute Gasteiger partial charge is 0.107 e. The van der Waals surface area contributed by atoms with Crippen LogP contribution in [-0.4, -0.2) is 29.8 Å². The highest BCUT2D eigenvalue weighted by Crippen LogP contribution is 1.99. The molecular formula is C7H17NO. The molecule has 0 rings (SSSR count). The maximum atomic E-state index is 9.24. The van der Waals surface area contributed by atoms with Gasteiger partial charge in [0.1, 0.15) is 6.23 Å². The van der Waals surface area contributed by atoms with E-state index in [-0.39, 0.29) is 6.23 Å². The Balaban J connectivity index is 3.32. The first-order valence-electron chi connectivity index (χ1n) is 3.60. The van der Waals surface area contributed by atoms with Gasteiger partial charge in [-0.2, -0.15) is 0 Å². The van der Waals surface area contributed by atoms with Crippen LogP contribution in [0.2, 0.25) is 0 Å². The van der Waals surface area contributed by atoms with Gasteiger partial charge in [-0.05, 0) is 20.0 Å². The molecule has 0 fully saturated rings. The third kappa shape index (κ3) is 3.49. The fourth-order valence-corrected chi connectivity index (χ4v) is 0.689. The average molecular weight is 131 g/mol. The first kappa shape index (κ1) is 8.92. The van der Waals surface area contributed by atoms with Crippen LogP contribution in [0.25, 0.3) is 0 Å². The number of aliphatic hydroxyl groups excluding tert-OH is 1. The molecule has 2 heteroatoms. The highest BCUT2D eigenvalue weighted by molar-refractivity contribution is 4.51. The van der Waals surface area contributed by atoms with Gasteiger partial charge in [0, 0.05) is 0 Å². The van der Waals surface area contributed by atoms with E-state index in [1.165, 1.54) is 0 Å². The molecule has 56 valence electrons. The van der Waals surface area contributed by atoms with Gasteiger partial charge in [-0.15, -0.1) is 0 Å². The molecule has 0 bridgehead atoms. The number of nitrogens with zero attached hydrogens (tertiary/aromatic N) is 1. The molecule has 0 aromatic heterocycles. The zero-order valence-electron chi connectivity index (χ0n) is 6.59. The average Bonchev–Trinajstić information content (AvgIpc) is 1.87. The normalized spacial score (nSPS) is 14.3. The minimum absolute atomic E-state index is 0.236. The Morgan fingerprint density at radius 1 is 1.44 bits per heavy atom. The maximum absolute atomic E-state index is 9.24. The minimum atomic E-state index is -0.236. The quantitative estimate of drug-likeness (QED) is 0.577. The molecule has 0 spiro atoms. The van der Waals surface area contributed by atoms with E-state index >= 15 is 0 Å². The number of rotatable bonds is 4. The van der Waals surface area contributed by atoms with E-state index < -0.39 is 0 Å². The molecule has 0 aliphatic heterocycles. The van der Waals surface area contributed by atoms with Gasteiger partial charge in [0.15, 0.2) is 0 Å². The molecule has 0 saturated heterocycles. The second kappa shape index (κ2) is 4.77. The number of hydrogen-bond donors (Lipinski definition) is 1. The van der Waals surface area contributed by atoms with Crippen LogP contribution in [0.4, 0.5) is 0 Å². The first-order chi connectivity index (χ1) is 4.22. The topological polar surface area (TPSA) is 23.5 Å². The van der Waals surface area contributed by atoms with Gasteiger partial charge in [-0.3, -0.25) is 4.90 Å². The molecule has 0 amide bonds. The van der Waals surface area contributed by atoms with Gasteiger partial charge in [0.05, 0.1) is 0 Å². The van der Waals surface area contributed by atoms with Crippen molar-refractivity contribution < 1.29 is 5.11 Å². The molecule has 0 radical (unpaired) electrons. The first-order valence-corrected chi connectivity index (χ1v) is 3.60. The third-order valence-electron chi connectivity index (χ3n) is 1.55. The molecule has 0 aliphatic rings. The second-order valence-corrected chi connectivity index (χ2v) is 2.34. The summed E-state index contributed by atoms with van der Waals surface area (Å²) in [7, 11) is 1.93. The zero-order chi connectivity index (χ0) is 7.28. The van der Waals surface area contributed by atoms with E-state index in [0.29, 0.717) is 0 Å². The van der Waals surface area contributed by atoms with E-state index in [0.717, 1.165) is 19.4 Å².